The monoisotopic (exact) mass is 395 g/mol. The molecule has 0 spiro atoms. The van der Waals surface area contributed by atoms with Crippen LogP contribution in [-0.2, 0) is 19.2 Å². The molecule has 0 bridgehead atoms. The molecular weight excluding hydrogens is 366 g/mol. The van der Waals surface area contributed by atoms with E-state index < -0.39 is 29.9 Å². The average Bonchev–Trinajstić information content (AvgIpc) is 3.23. The zero-order valence-corrected chi connectivity index (χ0v) is 16.4. The van der Waals surface area contributed by atoms with Crippen molar-refractivity contribution >= 4 is 29.7 Å². The van der Waals surface area contributed by atoms with Gasteiger partial charge in [-0.1, -0.05) is 6.92 Å². The third-order valence-corrected chi connectivity index (χ3v) is 5.07. The third-order valence-electron chi connectivity index (χ3n) is 5.07. The number of carbonyl (C=O) groups excluding carboxylic acids is 5. The predicted octanol–water partition coefficient (Wildman–Crippen LogP) is -0.674. The van der Waals surface area contributed by atoms with E-state index in [1.54, 1.807) is 0 Å². The number of amides is 6. The van der Waals surface area contributed by atoms with Crippen LogP contribution in [0.4, 0.5) is 4.79 Å². The van der Waals surface area contributed by atoms with Gasteiger partial charge in [-0.05, 0) is 31.6 Å². The van der Waals surface area contributed by atoms with Crippen LogP contribution in [0.15, 0.2) is 0 Å². The molecule has 0 saturated carbocycles. The molecule has 2 heterocycles. The number of nitrogens with one attached hydrogen (secondary N) is 2. The zero-order valence-electron chi connectivity index (χ0n) is 16.4. The summed E-state index contributed by atoms with van der Waals surface area (Å²) in [5.41, 5.74) is 5.39. The second-order valence-electron chi connectivity index (χ2n) is 7.53. The molecule has 1 unspecified atom stereocenters. The van der Waals surface area contributed by atoms with E-state index in [0.717, 1.165) is 4.90 Å². The molecule has 2 aliphatic heterocycles. The van der Waals surface area contributed by atoms with Crippen molar-refractivity contribution in [1.82, 2.24) is 20.4 Å². The molecule has 4 N–H and O–H groups in total. The molecule has 2 rings (SSSR count). The highest BCUT2D eigenvalue weighted by atomic mass is 16.2. The number of nitrogens with two attached hydrogens (primary N) is 1. The van der Waals surface area contributed by atoms with Crippen molar-refractivity contribution in [2.75, 3.05) is 19.6 Å². The quantitative estimate of drug-likeness (QED) is 0.490. The van der Waals surface area contributed by atoms with Crippen LogP contribution in [-0.4, -0.2) is 71.2 Å². The van der Waals surface area contributed by atoms with Gasteiger partial charge in [-0.2, -0.15) is 0 Å². The molecule has 0 aliphatic carbocycles. The topological polar surface area (TPSA) is 142 Å². The Balaban J connectivity index is 2.06. The lowest BCUT2D eigenvalue weighted by atomic mass is 10.1. The SMILES string of the molecule is CC(=O)NCCC[C@H](NC(=O)N1CC(C)CC1=O)C(=O)N1CCC[C@H]1C(N)=O. The lowest BCUT2D eigenvalue weighted by Gasteiger charge is -2.29. The van der Waals surface area contributed by atoms with Gasteiger partial charge >= 0.3 is 6.03 Å². The minimum atomic E-state index is -0.898. The molecule has 0 aromatic heterocycles. The van der Waals surface area contributed by atoms with Crippen molar-refractivity contribution in [2.24, 2.45) is 11.7 Å². The van der Waals surface area contributed by atoms with Gasteiger partial charge in [-0.15, -0.1) is 0 Å². The molecular formula is C18H29N5O5. The molecule has 10 heteroatoms. The fraction of sp³-hybridized carbons (Fsp3) is 0.722. The number of hydrogen-bond donors (Lipinski definition) is 3. The van der Waals surface area contributed by atoms with Crippen LogP contribution in [0.2, 0.25) is 0 Å². The summed E-state index contributed by atoms with van der Waals surface area (Å²) in [6.45, 7) is 4.33. The van der Waals surface area contributed by atoms with Crippen LogP contribution in [0.25, 0.3) is 0 Å². The number of primary amides is 1. The van der Waals surface area contributed by atoms with E-state index in [-0.39, 0.29) is 24.2 Å². The van der Waals surface area contributed by atoms with E-state index in [1.165, 1.54) is 11.8 Å². The summed E-state index contributed by atoms with van der Waals surface area (Å²) in [7, 11) is 0. The van der Waals surface area contributed by atoms with Crippen LogP contribution in [0, 0.1) is 5.92 Å². The van der Waals surface area contributed by atoms with E-state index in [9.17, 15) is 24.0 Å². The summed E-state index contributed by atoms with van der Waals surface area (Å²) < 4.78 is 0. The Morgan fingerprint density at radius 3 is 2.57 bits per heavy atom. The number of nitrogens with zero attached hydrogens (tertiary/aromatic N) is 2. The van der Waals surface area contributed by atoms with Gasteiger partial charge < -0.3 is 21.3 Å². The van der Waals surface area contributed by atoms with E-state index in [1.807, 2.05) is 6.92 Å². The summed E-state index contributed by atoms with van der Waals surface area (Å²) in [5, 5.41) is 5.29. The Bertz CT molecular complexity index is 652. The normalized spacial score (nSPS) is 22.9. The first kappa shape index (κ1) is 21.6. The number of likely N-dealkylation sites (tertiary alicyclic amines) is 2. The van der Waals surface area contributed by atoms with Crippen molar-refractivity contribution < 1.29 is 24.0 Å². The van der Waals surface area contributed by atoms with Gasteiger partial charge in [0.1, 0.15) is 12.1 Å². The number of imide groups is 1. The summed E-state index contributed by atoms with van der Waals surface area (Å²) in [6.07, 6.45) is 2.17. The number of urea groups is 1. The van der Waals surface area contributed by atoms with Crippen LogP contribution in [0.3, 0.4) is 0 Å². The maximum absolute atomic E-state index is 13.0. The Morgan fingerprint density at radius 1 is 1.29 bits per heavy atom. The average molecular weight is 395 g/mol. The largest absolute Gasteiger partial charge is 0.368 e. The van der Waals surface area contributed by atoms with Crippen LogP contribution >= 0.6 is 0 Å². The zero-order chi connectivity index (χ0) is 20.8. The minimum absolute atomic E-state index is 0.0741. The molecule has 0 aromatic rings. The summed E-state index contributed by atoms with van der Waals surface area (Å²) >= 11 is 0. The van der Waals surface area contributed by atoms with Crippen LogP contribution in [0.1, 0.15) is 46.0 Å². The predicted molar refractivity (Wildman–Crippen MR) is 99.7 cm³/mol. The van der Waals surface area contributed by atoms with E-state index in [4.69, 9.17) is 5.73 Å². The molecule has 156 valence electrons. The van der Waals surface area contributed by atoms with E-state index in [2.05, 4.69) is 10.6 Å². The standard InChI is InChI=1S/C18H29N5O5/c1-11-9-15(25)23(10-11)18(28)21-13(5-3-7-20-12(2)24)17(27)22-8-4-6-14(22)16(19)26/h11,13-14H,3-10H2,1-2H3,(H2,19,26)(H,20,24)(H,21,28)/t11?,13-,14-/m0/s1. The van der Waals surface area contributed by atoms with Crippen molar-refractivity contribution in [3.05, 3.63) is 0 Å². The lowest BCUT2D eigenvalue weighted by molar-refractivity contribution is -0.139. The molecule has 3 atom stereocenters. The van der Waals surface area contributed by atoms with Crippen molar-refractivity contribution in [1.29, 1.82) is 0 Å². The van der Waals surface area contributed by atoms with Gasteiger partial charge in [0.25, 0.3) is 0 Å². The second kappa shape index (κ2) is 9.52. The van der Waals surface area contributed by atoms with Gasteiger partial charge in [-0.3, -0.25) is 24.1 Å². The first-order valence-electron chi connectivity index (χ1n) is 9.65. The smallest absolute Gasteiger partial charge is 0.324 e. The molecule has 0 radical (unpaired) electrons. The molecule has 28 heavy (non-hydrogen) atoms. The van der Waals surface area contributed by atoms with Crippen molar-refractivity contribution in [2.45, 2.75) is 58.0 Å². The fourth-order valence-electron chi connectivity index (χ4n) is 3.66. The molecule has 0 aromatic carbocycles. The molecule has 6 amide bonds. The Labute approximate surface area is 164 Å². The summed E-state index contributed by atoms with van der Waals surface area (Å²) in [5.74, 6) is -1.34. The number of hydrogen-bond acceptors (Lipinski definition) is 5. The fourth-order valence-corrected chi connectivity index (χ4v) is 3.66. The van der Waals surface area contributed by atoms with Crippen molar-refractivity contribution in [3.8, 4) is 0 Å². The van der Waals surface area contributed by atoms with Gasteiger partial charge in [0.15, 0.2) is 0 Å². The molecule has 2 saturated heterocycles. The molecule has 2 fully saturated rings. The van der Waals surface area contributed by atoms with Gasteiger partial charge in [0.05, 0.1) is 0 Å². The number of rotatable bonds is 7. The first-order chi connectivity index (χ1) is 13.2. The first-order valence-corrected chi connectivity index (χ1v) is 9.65. The third kappa shape index (κ3) is 5.43. The molecule has 10 nitrogen and oxygen atoms in total. The maximum Gasteiger partial charge on any atom is 0.324 e. The Hall–Kier alpha value is -2.65. The van der Waals surface area contributed by atoms with Gasteiger partial charge in [0.2, 0.25) is 23.6 Å². The van der Waals surface area contributed by atoms with Crippen LogP contribution in [0.5, 0.6) is 0 Å². The lowest BCUT2D eigenvalue weighted by Crippen LogP contribution is -2.55. The van der Waals surface area contributed by atoms with Gasteiger partial charge in [0, 0.05) is 33.0 Å². The van der Waals surface area contributed by atoms with E-state index >= 15 is 0 Å². The Kier molecular flexibility index (Phi) is 7.36. The molecule has 2 aliphatic rings. The van der Waals surface area contributed by atoms with Crippen molar-refractivity contribution in [3.63, 3.8) is 0 Å². The highest BCUT2D eigenvalue weighted by molar-refractivity contribution is 5.98. The second-order valence-corrected chi connectivity index (χ2v) is 7.53. The number of carbonyl (C=O) groups is 5. The van der Waals surface area contributed by atoms with E-state index in [0.29, 0.717) is 45.3 Å². The Morgan fingerprint density at radius 2 is 2.00 bits per heavy atom. The summed E-state index contributed by atoms with van der Waals surface area (Å²) in [4.78, 5) is 62.7. The van der Waals surface area contributed by atoms with Crippen LogP contribution < -0.4 is 16.4 Å². The van der Waals surface area contributed by atoms with Gasteiger partial charge in [-0.25, -0.2) is 4.79 Å². The summed E-state index contributed by atoms with van der Waals surface area (Å²) in [6, 6.07) is -2.19. The highest BCUT2D eigenvalue weighted by Crippen LogP contribution is 2.20. The highest BCUT2D eigenvalue weighted by Gasteiger charge is 2.38. The minimum Gasteiger partial charge on any atom is -0.368 e. The maximum atomic E-state index is 13.0.